The molecule has 33 heavy (non-hydrogen) atoms. The van der Waals surface area contributed by atoms with Crippen LogP contribution in [-0.2, 0) is 0 Å². The first-order chi connectivity index (χ1) is 16.0. The van der Waals surface area contributed by atoms with Crippen LogP contribution in [-0.4, -0.2) is 63.5 Å². The fraction of sp³-hybridized carbons (Fsp3) is 0.261. The zero-order valence-electron chi connectivity index (χ0n) is 17.9. The molecule has 1 fully saturated rings. The molecule has 1 aromatic heterocycles. The van der Waals surface area contributed by atoms with Gasteiger partial charge in [-0.05, 0) is 50.2 Å². The smallest absolute Gasteiger partial charge is 0.310 e. The number of hydrogen-bond donors (Lipinski definition) is 5. The number of quaternary nitrogens is 1. The van der Waals surface area contributed by atoms with Gasteiger partial charge < -0.3 is 25.5 Å². The third-order valence-corrected chi connectivity index (χ3v) is 6.22. The van der Waals surface area contributed by atoms with Gasteiger partial charge in [0.15, 0.2) is 11.5 Å². The van der Waals surface area contributed by atoms with Crippen molar-refractivity contribution in [2.24, 2.45) is 5.10 Å². The zero-order valence-corrected chi connectivity index (χ0v) is 18.8. The molecule has 172 valence electrons. The third-order valence-electron chi connectivity index (χ3n) is 5.44. The van der Waals surface area contributed by atoms with E-state index in [0.717, 1.165) is 30.9 Å². The van der Waals surface area contributed by atoms with E-state index in [-0.39, 0.29) is 11.5 Å². The van der Waals surface area contributed by atoms with Gasteiger partial charge in [0.25, 0.3) is 5.91 Å². The lowest BCUT2D eigenvalue weighted by Crippen LogP contribution is -2.71. The van der Waals surface area contributed by atoms with E-state index in [1.807, 2.05) is 17.5 Å². The minimum absolute atomic E-state index is 0.0779. The number of phenols is 3. The van der Waals surface area contributed by atoms with Crippen LogP contribution >= 0.6 is 11.3 Å². The molecule has 1 saturated heterocycles. The van der Waals surface area contributed by atoms with Crippen LogP contribution in [0.2, 0.25) is 0 Å². The Hall–Kier alpha value is -3.47. The molecule has 2 aromatic carbocycles. The second-order valence-electron chi connectivity index (χ2n) is 7.73. The molecular formula is C23H26N5O4S+. The van der Waals surface area contributed by atoms with Crippen LogP contribution < -0.4 is 10.7 Å². The number of aromatic nitrogens is 1. The molecule has 0 spiro atoms. The number of phenolic OH excluding ortho intramolecular Hbond substituents is 3. The van der Waals surface area contributed by atoms with Crippen LogP contribution in [0.1, 0.15) is 28.8 Å². The van der Waals surface area contributed by atoms with Gasteiger partial charge in [-0.3, -0.25) is 4.79 Å². The van der Waals surface area contributed by atoms with Crippen molar-refractivity contribution in [3.63, 3.8) is 0 Å². The zero-order chi connectivity index (χ0) is 23.2. The largest absolute Gasteiger partial charge is 0.504 e. The number of hydrogen-bond acceptors (Lipinski definition) is 8. The highest BCUT2D eigenvalue weighted by Gasteiger charge is 2.13. The number of carbonyl (C=O) groups excluding carboxylic acids is 1. The number of benzene rings is 2. The number of thiazole rings is 1. The van der Waals surface area contributed by atoms with Crippen LogP contribution in [0.4, 0.5) is 5.13 Å². The van der Waals surface area contributed by atoms with Gasteiger partial charge in [-0.1, -0.05) is 28.6 Å². The summed E-state index contributed by atoms with van der Waals surface area (Å²) in [6, 6.07) is 10.0. The maximum absolute atomic E-state index is 12.4. The summed E-state index contributed by atoms with van der Waals surface area (Å²) in [5.74, 6) is -1.50. The number of likely N-dealkylation sites (tertiary alicyclic amines) is 1. The third kappa shape index (κ3) is 5.67. The summed E-state index contributed by atoms with van der Waals surface area (Å²) in [5, 5.41) is 38.4. The predicted octanol–water partition coefficient (Wildman–Crippen LogP) is 1.98. The highest BCUT2D eigenvalue weighted by atomic mass is 32.1. The Morgan fingerprint density at radius 1 is 1.12 bits per heavy atom. The second kappa shape index (κ2) is 10.4. The van der Waals surface area contributed by atoms with Crippen molar-refractivity contribution in [3.8, 4) is 28.5 Å². The molecule has 3 aromatic rings. The Labute approximate surface area is 195 Å². The van der Waals surface area contributed by atoms with E-state index in [2.05, 4.69) is 20.3 Å². The van der Waals surface area contributed by atoms with Gasteiger partial charge in [0, 0.05) is 35.2 Å². The normalized spacial score (nSPS) is 14.2. The van der Waals surface area contributed by atoms with Crippen molar-refractivity contribution in [1.82, 2.24) is 15.2 Å². The summed E-state index contributed by atoms with van der Waals surface area (Å²) in [6.45, 7) is 3.77. The maximum atomic E-state index is 12.4. The summed E-state index contributed by atoms with van der Waals surface area (Å²) >= 11 is 1.41. The number of carbonyl (C=O) groups is 1. The SMILES string of the molecule is O=C(NCCN1CCCC1)c1ccc(-c2csc([NH2+]/N=C/c3ccc(O)c(O)c3O)n2)cc1. The van der Waals surface area contributed by atoms with Gasteiger partial charge in [-0.15, -0.1) is 0 Å². The monoisotopic (exact) mass is 468 g/mol. The molecule has 1 aliphatic heterocycles. The Bertz CT molecular complexity index is 1140. The van der Waals surface area contributed by atoms with E-state index in [1.54, 1.807) is 17.6 Å². The molecule has 0 radical (unpaired) electrons. The highest BCUT2D eigenvalue weighted by molar-refractivity contribution is 7.13. The molecule has 0 atom stereocenters. The standard InChI is InChI=1S/C23H25N5O4S/c29-19-8-7-17(20(30)21(19)31)13-25-27-23-26-18(14-33-23)15-3-5-16(6-4-15)22(32)24-9-12-28-10-1-2-11-28/h3-8,13-14,29-31H,1-2,9-12H2,(H,24,32)(H,26,27)/p+1/b25-13+. The van der Waals surface area contributed by atoms with Gasteiger partial charge in [0.1, 0.15) is 0 Å². The van der Waals surface area contributed by atoms with E-state index in [4.69, 9.17) is 0 Å². The van der Waals surface area contributed by atoms with Gasteiger partial charge >= 0.3 is 5.13 Å². The first kappa shape index (κ1) is 22.7. The van der Waals surface area contributed by atoms with Crippen LogP contribution in [0, 0.1) is 0 Å². The van der Waals surface area contributed by atoms with E-state index in [0.29, 0.717) is 17.2 Å². The molecule has 0 unspecified atom stereocenters. The molecule has 1 aliphatic rings. The first-order valence-electron chi connectivity index (χ1n) is 10.7. The predicted molar refractivity (Wildman–Crippen MR) is 126 cm³/mol. The molecule has 4 rings (SSSR count). The molecule has 9 nitrogen and oxygen atoms in total. The summed E-state index contributed by atoms with van der Waals surface area (Å²) in [5.41, 5.74) is 4.09. The summed E-state index contributed by atoms with van der Waals surface area (Å²) in [6.07, 6.45) is 3.85. The Balaban J connectivity index is 1.31. The average molecular weight is 469 g/mol. The fourth-order valence-corrected chi connectivity index (χ4v) is 4.27. The lowest BCUT2D eigenvalue weighted by Gasteiger charge is -2.14. The minimum Gasteiger partial charge on any atom is -0.504 e. The molecule has 2 heterocycles. The van der Waals surface area contributed by atoms with Crippen LogP contribution in [0.25, 0.3) is 11.3 Å². The number of nitrogens with one attached hydrogen (secondary N) is 1. The number of nitrogens with two attached hydrogens (primary N) is 1. The topological polar surface area (TPSA) is 135 Å². The van der Waals surface area contributed by atoms with Gasteiger partial charge in [-0.25, -0.2) is 0 Å². The van der Waals surface area contributed by atoms with Crippen molar-refractivity contribution >= 4 is 28.6 Å². The van der Waals surface area contributed by atoms with Crippen LogP contribution in [0.15, 0.2) is 46.9 Å². The van der Waals surface area contributed by atoms with Crippen molar-refractivity contribution in [3.05, 3.63) is 52.9 Å². The highest BCUT2D eigenvalue weighted by Crippen LogP contribution is 2.36. The van der Waals surface area contributed by atoms with Gasteiger partial charge in [0.05, 0.1) is 11.9 Å². The fourth-order valence-electron chi connectivity index (χ4n) is 3.58. The van der Waals surface area contributed by atoms with Crippen molar-refractivity contribution in [1.29, 1.82) is 0 Å². The molecule has 0 bridgehead atoms. The van der Waals surface area contributed by atoms with Crippen molar-refractivity contribution in [2.75, 3.05) is 26.2 Å². The van der Waals surface area contributed by atoms with Crippen LogP contribution in [0.5, 0.6) is 17.2 Å². The molecule has 0 saturated carbocycles. The summed E-state index contributed by atoms with van der Waals surface area (Å²) in [7, 11) is 0. The van der Waals surface area contributed by atoms with E-state index < -0.39 is 17.2 Å². The number of rotatable bonds is 8. The van der Waals surface area contributed by atoms with Crippen LogP contribution in [0.3, 0.4) is 0 Å². The second-order valence-corrected chi connectivity index (χ2v) is 8.62. The Morgan fingerprint density at radius 2 is 1.88 bits per heavy atom. The lowest BCUT2D eigenvalue weighted by atomic mass is 10.1. The van der Waals surface area contributed by atoms with E-state index >= 15 is 0 Å². The summed E-state index contributed by atoms with van der Waals surface area (Å²) < 4.78 is 0. The van der Waals surface area contributed by atoms with Gasteiger partial charge in [-0.2, -0.15) is 10.4 Å². The maximum Gasteiger partial charge on any atom is 0.310 e. The van der Waals surface area contributed by atoms with Crippen molar-refractivity contribution in [2.45, 2.75) is 12.8 Å². The molecule has 6 N–H and O–H groups in total. The molecule has 10 heteroatoms. The minimum atomic E-state index is -0.584. The first-order valence-corrected chi connectivity index (χ1v) is 11.6. The Kier molecular flexibility index (Phi) is 7.18. The van der Waals surface area contributed by atoms with Gasteiger partial charge in [0.2, 0.25) is 5.75 Å². The Morgan fingerprint density at radius 3 is 2.64 bits per heavy atom. The van der Waals surface area contributed by atoms with E-state index in [1.165, 1.54) is 42.5 Å². The number of amides is 1. The quantitative estimate of drug-likeness (QED) is 0.149. The van der Waals surface area contributed by atoms with Crippen molar-refractivity contribution < 1.29 is 25.5 Å². The summed E-state index contributed by atoms with van der Waals surface area (Å²) in [4.78, 5) is 19.2. The molecule has 0 aliphatic carbocycles. The van der Waals surface area contributed by atoms with E-state index in [9.17, 15) is 20.1 Å². The average Bonchev–Trinajstić information content (AvgIpc) is 3.52. The number of aromatic hydroxyl groups is 3. The molecular weight excluding hydrogens is 442 g/mol. The molecule has 1 amide bonds. The lowest BCUT2D eigenvalue weighted by molar-refractivity contribution is -0.576. The number of nitrogens with zero attached hydrogens (tertiary/aromatic N) is 3.